The van der Waals surface area contributed by atoms with Gasteiger partial charge >= 0.3 is 0 Å². The SMILES string of the molecule is c1ccc(-c2ccc(-c3ccc(-n4c5ccccc5c5c4ccc4c6cccc(-c7ccccc7)c6n(-c6ccccc6)c45)cc3)cc2)cc1.c1ccc(-c2cccc(-c3cccc(-n4c5ccccc5c5c4ccc4c6cccc(-c7ccccc7)c6n(-c6ccccc6)c45)c3)c2)cc1. The van der Waals surface area contributed by atoms with Crippen molar-refractivity contribution in [1.29, 1.82) is 0 Å². The van der Waals surface area contributed by atoms with E-state index in [2.05, 4.69) is 407 Å². The number of benzene rings is 16. The van der Waals surface area contributed by atoms with Gasteiger partial charge in [0.25, 0.3) is 0 Å². The van der Waals surface area contributed by atoms with E-state index in [0.717, 1.165) is 22.7 Å². The van der Waals surface area contributed by atoms with Crippen molar-refractivity contribution in [3.63, 3.8) is 0 Å². The topological polar surface area (TPSA) is 19.7 Å². The molecule has 0 saturated carbocycles. The maximum atomic E-state index is 2.50. The van der Waals surface area contributed by atoms with Gasteiger partial charge in [0.15, 0.2) is 0 Å². The summed E-state index contributed by atoms with van der Waals surface area (Å²) >= 11 is 0. The molecule has 16 aromatic carbocycles. The Morgan fingerprint density at radius 1 is 0.140 bits per heavy atom. The van der Waals surface area contributed by atoms with Gasteiger partial charge in [0.2, 0.25) is 0 Å². The van der Waals surface area contributed by atoms with Gasteiger partial charge in [0, 0.05) is 77.0 Å². The van der Waals surface area contributed by atoms with Gasteiger partial charge in [-0.15, -0.1) is 0 Å². The molecule has 0 aliphatic carbocycles. The number of rotatable bonds is 10. The summed E-state index contributed by atoms with van der Waals surface area (Å²) in [6, 6.07) is 141. The Morgan fingerprint density at radius 2 is 0.430 bits per heavy atom. The van der Waals surface area contributed by atoms with Gasteiger partial charge in [-0.25, -0.2) is 0 Å². The van der Waals surface area contributed by atoms with E-state index in [1.54, 1.807) is 0 Å². The zero-order valence-electron chi connectivity index (χ0n) is 54.7. The molecule has 4 aromatic heterocycles. The number of hydrogen-bond acceptors (Lipinski definition) is 0. The molecule has 0 aliphatic rings. The molecule has 0 radical (unpaired) electrons. The van der Waals surface area contributed by atoms with Gasteiger partial charge in [-0.05, 0) is 134 Å². The number of aromatic nitrogens is 4. The second-order valence-corrected chi connectivity index (χ2v) is 25.9. The second kappa shape index (κ2) is 24.4. The maximum absolute atomic E-state index is 2.50. The van der Waals surface area contributed by atoms with Crippen LogP contribution in [0.3, 0.4) is 0 Å². The zero-order chi connectivity index (χ0) is 66.0. The van der Waals surface area contributed by atoms with E-state index in [1.807, 2.05) is 0 Å². The molecule has 4 heteroatoms. The molecule has 20 rings (SSSR count). The van der Waals surface area contributed by atoms with E-state index < -0.39 is 0 Å². The molecule has 0 atom stereocenters. The van der Waals surface area contributed by atoms with Crippen molar-refractivity contribution in [1.82, 2.24) is 18.3 Å². The van der Waals surface area contributed by atoms with Gasteiger partial charge in [0.05, 0.1) is 44.1 Å². The molecule has 4 heterocycles. The summed E-state index contributed by atoms with van der Waals surface area (Å²) in [5.41, 5.74) is 28.9. The van der Waals surface area contributed by atoms with Crippen LogP contribution < -0.4 is 0 Å². The Morgan fingerprint density at radius 3 is 0.890 bits per heavy atom. The van der Waals surface area contributed by atoms with Gasteiger partial charge in [-0.3, -0.25) is 0 Å². The van der Waals surface area contributed by atoms with Crippen LogP contribution in [0.5, 0.6) is 0 Å². The summed E-state index contributed by atoms with van der Waals surface area (Å²) in [6.07, 6.45) is 0. The number of para-hydroxylation sites is 6. The first-order valence-corrected chi connectivity index (χ1v) is 34.4. The lowest BCUT2D eigenvalue weighted by atomic mass is 9.99. The van der Waals surface area contributed by atoms with E-state index in [9.17, 15) is 0 Å². The fourth-order valence-corrected chi connectivity index (χ4v) is 15.8. The first-order valence-electron chi connectivity index (χ1n) is 34.4. The third-order valence-electron chi connectivity index (χ3n) is 20.2. The lowest BCUT2D eigenvalue weighted by Gasteiger charge is -2.13. The molecule has 0 unspecified atom stereocenters. The number of fused-ring (bicyclic) bond motifs is 14. The molecule has 0 fully saturated rings. The number of nitrogens with zero attached hydrogens (tertiary/aromatic N) is 4. The molecule has 0 N–H and O–H groups in total. The molecular weight excluding hydrogens is 1210 g/mol. The smallest absolute Gasteiger partial charge is 0.0641 e. The van der Waals surface area contributed by atoms with E-state index >= 15 is 0 Å². The minimum atomic E-state index is 1.14. The Kier molecular flexibility index (Phi) is 14.2. The highest BCUT2D eigenvalue weighted by Crippen LogP contribution is 2.47. The van der Waals surface area contributed by atoms with Crippen molar-refractivity contribution in [2.75, 3.05) is 0 Å². The predicted octanol–water partition coefficient (Wildman–Crippen LogP) is 25.8. The fraction of sp³-hybridized carbons (Fsp3) is 0. The summed E-state index contributed by atoms with van der Waals surface area (Å²) in [5.74, 6) is 0. The molecule has 0 saturated heterocycles. The fourth-order valence-electron chi connectivity index (χ4n) is 15.8. The van der Waals surface area contributed by atoms with E-state index in [-0.39, 0.29) is 0 Å². The van der Waals surface area contributed by atoms with Crippen LogP contribution in [0.1, 0.15) is 0 Å². The summed E-state index contributed by atoms with van der Waals surface area (Å²) in [5, 5.41) is 10.0. The summed E-state index contributed by atoms with van der Waals surface area (Å²) in [4.78, 5) is 0. The predicted molar refractivity (Wildman–Crippen MR) is 423 cm³/mol. The first kappa shape index (κ1) is 58.1. The minimum Gasteiger partial charge on any atom is -0.309 e. The zero-order valence-corrected chi connectivity index (χ0v) is 54.7. The molecule has 0 amide bonds. The Balaban J connectivity index is 0.000000139. The average Bonchev–Trinajstić information content (AvgIpc) is 1.55. The molecule has 20 aromatic rings. The molecule has 4 nitrogen and oxygen atoms in total. The number of hydrogen-bond donors (Lipinski definition) is 0. The molecule has 0 bridgehead atoms. The quantitative estimate of drug-likeness (QED) is 0.130. The van der Waals surface area contributed by atoms with E-state index in [4.69, 9.17) is 0 Å². The standard InChI is InChI=1S/2C48H32N2/c1-4-15-33(16-5-1)35-19-12-20-36(31-35)37-21-13-24-39(32-37)49-44-28-11-10-25-43(44)46-45(49)30-29-42-41-27-14-26-40(34-17-6-2-7-18-34)47(41)50(48(42)46)38-22-8-3-9-23-38;1-4-13-33(14-5-1)34-23-25-35(26-24-34)36-27-29-39(30-28-36)49-44-22-11-10-19-43(44)46-45(49)32-31-42-41-21-12-20-40(37-15-6-2-7-16-37)47(41)50(48(42)46)38-17-8-3-9-18-38/h2*1-32H. The summed E-state index contributed by atoms with van der Waals surface area (Å²) < 4.78 is 9.86. The van der Waals surface area contributed by atoms with E-state index in [0.29, 0.717) is 0 Å². The highest BCUT2D eigenvalue weighted by molar-refractivity contribution is 6.29. The normalized spacial score (nSPS) is 11.6. The van der Waals surface area contributed by atoms with Crippen molar-refractivity contribution < 1.29 is 0 Å². The average molecular weight is 1270 g/mol. The van der Waals surface area contributed by atoms with Crippen molar-refractivity contribution in [3.05, 3.63) is 388 Å². The van der Waals surface area contributed by atoms with Crippen LogP contribution in [0.2, 0.25) is 0 Å². The van der Waals surface area contributed by atoms with Crippen molar-refractivity contribution in [3.8, 4) is 89.5 Å². The second-order valence-electron chi connectivity index (χ2n) is 25.9. The van der Waals surface area contributed by atoms with E-state index in [1.165, 1.54) is 154 Å². The van der Waals surface area contributed by atoms with Crippen molar-refractivity contribution in [2.45, 2.75) is 0 Å². The maximum Gasteiger partial charge on any atom is 0.0641 e. The molecule has 0 spiro atoms. The molecule has 0 aliphatic heterocycles. The first-order chi connectivity index (χ1) is 49.7. The van der Waals surface area contributed by atoms with Crippen LogP contribution in [0, 0.1) is 0 Å². The van der Waals surface area contributed by atoms with Gasteiger partial charge < -0.3 is 18.3 Å². The van der Waals surface area contributed by atoms with Crippen molar-refractivity contribution >= 4 is 87.2 Å². The molecule has 468 valence electrons. The Labute approximate surface area is 579 Å². The minimum absolute atomic E-state index is 1.14. The summed E-state index contributed by atoms with van der Waals surface area (Å²) in [6.45, 7) is 0. The Hall–Kier alpha value is -13.3. The van der Waals surface area contributed by atoms with Gasteiger partial charge in [-0.1, -0.05) is 309 Å². The highest BCUT2D eigenvalue weighted by atomic mass is 15.0. The largest absolute Gasteiger partial charge is 0.309 e. The van der Waals surface area contributed by atoms with Crippen LogP contribution >= 0.6 is 0 Å². The third kappa shape index (κ3) is 9.76. The van der Waals surface area contributed by atoms with Crippen molar-refractivity contribution in [2.24, 2.45) is 0 Å². The van der Waals surface area contributed by atoms with Crippen LogP contribution in [0.4, 0.5) is 0 Å². The Bertz CT molecular complexity index is 6440. The molecular formula is C96H64N4. The van der Waals surface area contributed by atoms with Gasteiger partial charge in [-0.2, -0.15) is 0 Å². The van der Waals surface area contributed by atoms with Crippen LogP contribution in [-0.4, -0.2) is 18.3 Å². The lowest BCUT2D eigenvalue weighted by Crippen LogP contribution is -1.96. The van der Waals surface area contributed by atoms with Crippen LogP contribution in [0.25, 0.3) is 177 Å². The lowest BCUT2D eigenvalue weighted by molar-refractivity contribution is 1.17. The van der Waals surface area contributed by atoms with Gasteiger partial charge in [0.1, 0.15) is 0 Å². The summed E-state index contributed by atoms with van der Waals surface area (Å²) in [7, 11) is 0. The van der Waals surface area contributed by atoms with Crippen LogP contribution in [0.15, 0.2) is 388 Å². The highest BCUT2D eigenvalue weighted by Gasteiger charge is 2.25. The third-order valence-corrected chi connectivity index (χ3v) is 20.2. The van der Waals surface area contributed by atoms with Crippen LogP contribution in [-0.2, 0) is 0 Å². The molecule has 100 heavy (non-hydrogen) atoms. The monoisotopic (exact) mass is 1270 g/mol.